The average molecular weight is 470 g/mol. The highest BCUT2D eigenvalue weighted by molar-refractivity contribution is 7.86. The lowest BCUT2D eigenvalue weighted by atomic mass is 10.1. The van der Waals surface area contributed by atoms with Gasteiger partial charge in [0.15, 0.2) is 0 Å². The first-order chi connectivity index (χ1) is 15.1. The van der Waals surface area contributed by atoms with Crippen LogP contribution in [0.4, 0.5) is 5.69 Å². The fourth-order valence-electron chi connectivity index (χ4n) is 3.66. The molecule has 13 heteroatoms. The number of likely N-dealkylation sites (N-methyl/N-ethyl adjacent to an activating group) is 1. The molecule has 32 heavy (non-hydrogen) atoms. The number of rotatable bonds is 6. The van der Waals surface area contributed by atoms with Crippen molar-refractivity contribution in [2.45, 2.75) is 6.92 Å². The minimum Gasteiger partial charge on any atom is -0.462 e. The lowest BCUT2D eigenvalue weighted by molar-refractivity contribution is -0.384. The Morgan fingerprint density at radius 2 is 1.50 bits per heavy atom. The fourth-order valence-corrected chi connectivity index (χ4v) is 5.24. The third-order valence-electron chi connectivity index (χ3n) is 5.53. The van der Waals surface area contributed by atoms with Gasteiger partial charge in [0, 0.05) is 70.1 Å². The van der Waals surface area contributed by atoms with E-state index in [-0.39, 0.29) is 43.9 Å². The molecule has 0 saturated carbocycles. The minimum atomic E-state index is -3.61. The molecule has 1 amide bonds. The van der Waals surface area contributed by atoms with Crippen LogP contribution in [0.5, 0.6) is 0 Å². The van der Waals surface area contributed by atoms with Crippen LogP contribution in [0.2, 0.25) is 0 Å². The molecule has 3 rings (SSSR count). The number of piperazine rings is 2. The number of carbonyl (C=O) groups is 2. The van der Waals surface area contributed by atoms with E-state index < -0.39 is 32.7 Å². The number of hydrogen-bond acceptors (Lipinski definition) is 8. The second-order valence-corrected chi connectivity index (χ2v) is 9.58. The Balaban J connectivity index is 1.71. The Labute approximate surface area is 186 Å². The first-order valence-corrected chi connectivity index (χ1v) is 11.7. The summed E-state index contributed by atoms with van der Waals surface area (Å²) in [5.41, 5.74) is -0.492. The summed E-state index contributed by atoms with van der Waals surface area (Å²) < 4.78 is 33.5. The highest BCUT2D eigenvalue weighted by Crippen LogP contribution is 2.21. The van der Waals surface area contributed by atoms with E-state index >= 15 is 0 Å². The SMILES string of the molecule is CCOC(=O)c1cc(C(=O)N2CCN(S(=O)(=O)N3CCN(C)CC3)CC2)cc([N+](=O)[O-])c1. The zero-order valence-electron chi connectivity index (χ0n) is 18.1. The number of nitrogens with zero attached hydrogens (tertiary/aromatic N) is 5. The van der Waals surface area contributed by atoms with Gasteiger partial charge in [0.25, 0.3) is 21.8 Å². The standard InChI is InChI=1S/C19H27N5O7S/c1-3-31-19(26)16-12-15(13-17(14-16)24(27)28)18(25)21-6-10-23(11-7-21)32(29,30)22-8-4-20(2)5-9-22/h12-14H,3-11H2,1-2H3. The van der Waals surface area contributed by atoms with Gasteiger partial charge in [-0.1, -0.05) is 0 Å². The van der Waals surface area contributed by atoms with E-state index in [1.165, 1.54) is 19.6 Å². The van der Waals surface area contributed by atoms with Crippen molar-refractivity contribution in [3.8, 4) is 0 Å². The molecule has 0 N–H and O–H groups in total. The van der Waals surface area contributed by atoms with Crippen LogP contribution in [-0.2, 0) is 14.9 Å². The normalized spacial score (nSPS) is 19.0. The Kier molecular flexibility index (Phi) is 7.44. The molecule has 2 fully saturated rings. The Morgan fingerprint density at radius 3 is 2.03 bits per heavy atom. The molecular formula is C19H27N5O7S. The van der Waals surface area contributed by atoms with Crippen LogP contribution in [0.1, 0.15) is 27.6 Å². The highest BCUT2D eigenvalue weighted by Gasteiger charge is 2.35. The first-order valence-electron chi connectivity index (χ1n) is 10.3. The van der Waals surface area contributed by atoms with Crippen LogP contribution in [0.15, 0.2) is 18.2 Å². The summed E-state index contributed by atoms with van der Waals surface area (Å²) in [7, 11) is -1.67. The smallest absolute Gasteiger partial charge is 0.338 e. The van der Waals surface area contributed by atoms with Crippen molar-refractivity contribution < 1.29 is 27.7 Å². The molecule has 0 aliphatic carbocycles. The maximum absolute atomic E-state index is 13.0. The van der Waals surface area contributed by atoms with Crippen molar-refractivity contribution >= 4 is 27.8 Å². The van der Waals surface area contributed by atoms with E-state index in [1.54, 1.807) is 6.92 Å². The van der Waals surface area contributed by atoms with E-state index in [4.69, 9.17) is 4.74 Å². The molecule has 2 aliphatic heterocycles. The number of nitro groups is 1. The molecule has 0 bridgehead atoms. The van der Waals surface area contributed by atoms with Gasteiger partial charge in [0.05, 0.1) is 17.1 Å². The largest absolute Gasteiger partial charge is 0.462 e. The molecule has 2 heterocycles. The molecule has 1 aromatic rings. The lowest BCUT2D eigenvalue weighted by Crippen LogP contribution is -2.57. The summed E-state index contributed by atoms with van der Waals surface area (Å²) in [6, 6.07) is 3.44. The van der Waals surface area contributed by atoms with Crippen molar-refractivity contribution in [3.05, 3.63) is 39.4 Å². The van der Waals surface area contributed by atoms with Gasteiger partial charge in [-0.15, -0.1) is 0 Å². The van der Waals surface area contributed by atoms with Gasteiger partial charge in [-0.2, -0.15) is 17.0 Å². The molecule has 2 saturated heterocycles. The summed E-state index contributed by atoms with van der Waals surface area (Å²) >= 11 is 0. The van der Waals surface area contributed by atoms with Crippen molar-refractivity contribution in [2.75, 3.05) is 66.0 Å². The third kappa shape index (κ3) is 5.23. The summed E-state index contributed by atoms with van der Waals surface area (Å²) in [5, 5.41) is 11.3. The van der Waals surface area contributed by atoms with Gasteiger partial charge in [-0.3, -0.25) is 14.9 Å². The van der Waals surface area contributed by atoms with Gasteiger partial charge >= 0.3 is 5.97 Å². The second kappa shape index (κ2) is 9.90. The maximum atomic E-state index is 13.0. The number of nitro benzene ring substituents is 1. The van der Waals surface area contributed by atoms with Gasteiger partial charge in [0.2, 0.25) is 0 Å². The minimum absolute atomic E-state index is 0.0161. The van der Waals surface area contributed by atoms with Crippen molar-refractivity contribution in [2.24, 2.45) is 0 Å². The number of benzene rings is 1. The van der Waals surface area contributed by atoms with E-state index in [2.05, 4.69) is 4.90 Å². The van der Waals surface area contributed by atoms with Crippen molar-refractivity contribution in [1.82, 2.24) is 18.4 Å². The van der Waals surface area contributed by atoms with Crippen LogP contribution >= 0.6 is 0 Å². The quantitative estimate of drug-likeness (QED) is 0.323. The van der Waals surface area contributed by atoms with E-state index in [1.807, 2.05) is 7.05 Å². The average Bonchev–Trinajstić information content (AvgIpc) is 2.78. The molecule has 0 aromatic heterocycles. The Morgan fingerprint density at radius 1 is 0.969 bits per heavy atom. The third-order valence-corrected chi connectivity index (χ3v) is 7.56. The number of carbonyl (C=O) groups excluding carboxylic acids is 2. The topological polar surface area (TPSA) is 134 Å². The zero-order chi connectivity index (χ0) is 23.5. The van der Waals surface area contributed by atoms with Gasteiger partial charge in [0.1, 0.15) is 0 Å². The second-order valence-electron chi connectivity index (χ2n) is 7.65. The zero-order valence-corrected chi connectivity index (χ0v) is 18.9. The molecule has 176 valence electrons. The Hall–Kier alpha value is -2.61. The molecule has 1 aromatic carbocycles. The molecule has 0 unspecified atom stereocenters. The summed E-state index contributed by atoms with van der Waals surface area (Å²) in [5.74, 6) is -1.26. The molecule has 0 radical (unpaired) electrons. The highest BCUT2D eigenvalue weighted by atomic mass is 32.2. The van der Waals surface area contributed by atoms with Crippen molar-refractivity contribution in [3.63, 3.8) is 0 Å². The lowest BCUT2D eigenvalue weighted by Gasteiger charge is -2.39. The fraction of sp³-hybridized carbons (Fsp3) is 0.579. The predicted molar refractivity (Wildman–Crippen MR) is 115 cm³/mol. The van der Waals surface area contributed by atoms with E-state index in [0.29, 0.717) is 26.2 Å². The number of hydrogen-bond donors (Lipinski definition) is 0. The molecule has 0 spiro atoms. The molecule has 12 nitrogen and oxygen atoms in total. The first kappa shape index (κ1) is 24.0. The van der Waals surface area contributed by atoms with Crippen LogP contribution in [0, 0.1) is 10.1 Å². The van der Waals surface area contributed by atoms with Crippen LogP contribution in [0.3, 0.4) is 0 Å². The van der Waals surface area contributed by atoms with Gasteiger partial charge in [-0.25, -0.2) is 4.79 Å². The van der Waals surface area contributed by atoms with Crippen LogP contribution in [0.25, 0.3) is 0 Å². The monoisotopic (exact) mass is 469 g/mol. The van der Waals surface area contributed by atoms with E-state index in [0.717, 1.165) is 12.1 Å². The number of non-ortho nitro benzene ring substituents is 1. The number of amides is 1. The summed E-state index contributed by atoms with van der Waals surface area (Å²) in [6.45, 7) is 4.39. The Bertz CT molecular complexity index is 984. The summed E-state index contributed by atoms with van der Waals surface area (Å²) in [6.07, 6.45) is 0. The predicted octanol–water partition coefficient (Wildman–Crippen LogP) is 0.0215. The molecular weight excluding hydrogens is 442 g/mol. The van der Waals surface area contributed by atoms with Gasteiger partial charge < -0.3 is 14.5 Å². The van der Waals surface area contributed by atoms with Crippen LogP contribution in [-0.4, -0.2) is 110 Å². The summed E-state index contributed by atoms with van der Waals surface area (Å²) in [4.78, 5) is 39.1. The molecule has 2 aliphatic rings. The van der Waals surface area contributed by atoms with Gasteiger partial charge in [-0.05, 0) is 20.0 Å². The van der Waals surface area contributed by atoms with Crippen molar-refractivity contribution in [1.29, 1.82) is 0 Å². The number of ether oxygens (including phenoxy) is 1. The van der Waals surface area contributed by atoms with Crippen LogP contribution < -0.4 is 0 Å². The van der Waals surface area contributed by atoms with E-state index in [9.17, 15) is 28.1 Å². The molecule has 0 atom stereocenters. The number of esters is 1. The maximum Gasteiger partial charge on any atom is 0.338 e.